The minimum atomic E-state index is 0.411. The molecular formula is C12H22N4O2. The van der Waals surface area contributed by atoms with Crippen molar-refractivity contribution in [3.63, 3.8) is 0 Å². The van der Waals surface area contributed by atoms with Gasteiger partial charge in [0.15, 0.2) is 5.82 Å². The van der Waals surface area contributed by atoms with Gasteiger partial charge in [0.05, 0.1) is 0 Å². The van der Waals surface area contributed by atoms with Gasteiger partial charge in [-0.1, -0.05) is 0 Å². The van der Waals surface area contributed by atoms with Crippen LogP contribution in [-0.4, -0.2) is 51.4 Å². The summed E-state index contributed by atoms with van der Waals surface area (Å²) < 4.78 is 10.1. The molecule has 102 valence electrons. The van der Waals surface area contributed by atoms with Crippen LogP contribution in [0.2, 0.25) is 0 Å². The first-order valence-electron chi connectivity index (χ1n) is 5.96. The summed E-state index contributed by atoms with van der Waals surface area (Å²) >= 11 is 0. The van der Waals surface area contributed by atoms with Gasteiger partial charge in [0, 0.05) is 47.5 Å². The maximum atomic E-state index is 5.07. The second-order valence-corrected chi connectivity index (χ2v) is 3.98. The highest BCUT2D eigenvalue weighted by Crippen LogP contribution is 2.15. The standard InChI is InChI=1S/C12H22N4O2/c1-13-10-8-12(15-11(14-10)9-18-4)16(2)6-5-7-17-3/h8H,5-7,9H2,1-4H3,(H,13,14,15). The molecule has 0 bridgehead atoms. The van der Waals surface area contributed by atoms with Crippen molar-refractivity contribution in [2.24, 2.45) is 0 Å². The van der Waals surface area contributed by atoms with Crippen LogP contribution in [0.15, 0.2) is 6.07 Å². The average molecular weight is 254 g/mol. The van der Waals surface area contributed by atoms with Crippen molar-refractivity contribution in [1.29, 1.82) is 0 Å². The maximum Gasteiger partial charge on any atom is 0.158 e. The second-order valence-electron chi connectivity index (χ2n) is 3.98. The summed E-state index contributed by atoms with van der Waals surface area (Å²) in [6.07, 6.45) is 0.964. The molecule has 6 heteroatoms. The molecule has 1 N–H and O–H groups in total. The summed E-state index contributed by atoms with van der Waals surface area (Å²) in [6, 6.07) is 1.92. The van der Waals surface area contributed by atoms with E-state index in [1.165, 1.54) is 0 Å². The van der Waals surface area contributed by atoms with Gasteiger partial charge in [-0.3, -0.25) is 0 Å². The molecule has 6 nitrogen and oxygen atoms in total. The lowest BCUT2D eigenvalue weighted by atomic mass is 10.4. The summed E-state index contributed by atoms with van der Waals surface area (Å²) in [7, 11) is 7.19. The molecular weight excluding hydrogens is 232 g/mol. The number of anilines is 2. The molecule has 0 amide bonds. The number of nitrogens with one attached hydrogen (secondary N) is 1. The Hall–Kier alpha value is -1.40. The molecule has 0 unspecified atom stereocenters. The summed E-state index contributed by atoms with van der Waals surface area (Å²) in [4.78, 5) is 10.9. The third kappa shape index (κ3) is 4.46. The van der Waals surface area contributed by atoms with E-state index in [-0.39, 0.29) is 0 Å². The first kappa shape index (κ1) is 14.7. The number of methoxy groups -OCH3 is 2. The van der Waals surface area contributed by atoms with Crippen LogP contribution in [0.25, 0.3) is 0 Å². The topological polar surface area (TPSA) is 59.5 Å². The Bertz CT molecular complexity index is 360. The zero-order valence-corrected chi connectivity index (χ0v) is 11.6. The smallest absolute Gasteiger partial charge is 0.158 e. The van der Waals surface area contributed by atoms with E-state index >= 15 is 0 Å². The minimum absolute atomic E-state index is 0.411. The lowest BCUT2D eigenvalue weighted by Crippen LogP contribution is -2.22. The van der Waals surface area contributed by atoms with E-state index < -0.39 is 0 Å². The number of rotatable bonds is 8. The predicted octanol–water partition coefficient (Wildman–Crippen LogP) is 1.14. The SMILES string of the molecule is CNc1cc(N(C)CCCOC)nc(COC)n1. The average Bonchev–Trinajstić information content (AvgIpc) is 2.39. The third-order valence-corrected chi connectivity index (χ3v) is 2.52. The highest BCUT2D eigenvalue weighted by molar-refractivity contribution is 5.48. The van der Waals surface area contributed by atoms with E-state index in [9.17, 15) is 0 Å². The molecule has 0 atom stereocenters. The van der Waals surface area contributed by atoms with Crippen LogP contribution < -0.4 is 10.2 Å². The third-order valence-electron chi connectivity index (χ3n) is 2.52. The first-order chi connectivity index (χ1) is 8.71. The molecule has 0 aliphatic carbocycles. The number of nitrogens with zero attached hydrogens (tertiary/aromatic N) is 3. The summed E-state index contributed by atoms with van der Waals surface area (Å²) in [5.74, 6) is 2.36. The molecule has 1 aromatic rings. The van der Waals surface area contributed by atoms with Crippen molar-refractivity contribution >= 4 is 11.6 Å². The fourth-order valence-corrected chi connectivity index (χ4v) is 1.56. The van der Waals surface area contributed by atoms with Gasteiger partial charge in [0.1, 0.15) is 18.2 Å². The molecule has 0 saturated heterocycles. The van der Waals surface area contributed by atoms with Crippen molar-refractivity contribution in [1.82, 2.24) is 9.97 Å². The van der Waals surface area contributed by atoms with Crippen LogP contribution >= 0.6 is 0 Å². The molecule has 0 spiro atoms. The van der Waals surface area contributed by atoms with Gasteiger partial charge < -0.3 is 19.7 Å². The van der Waals surface area contributed by atoms with Crippen LogP contribution in [0.4, 0.5) is 11.6 Å². The zero-order chi connectivity index (χ0) is 13.4. The van der Waals surface area contributed by atoms with E-state index in [1.54, 1.807) is 14.2 Å². The zero-order valence-electron chi connectivity index (χ0n) is 11.6. The van der Waals surface area contributed by atoms with E-state index in [0.717, 1.165) is 31.2 Å². The van der Waals surface area contributed by atoms with Crippen LogP contribution in [0.3, 0.4) is 0 Å². The highest BCUT2D eigenvalue weighted by Gasteiger charge is 2.07. The fourth-order valence-electron chi connectivity index (χ4n) is 1.56. The number of hydrogen-bond donors (Lipinski definition) is 1. The number of aromatic nitrogens is 2. The van der Waals surface area contributed by atoms with Gasteiger partial charge in [-0.2, -0.15) is 0 Å². The Balaban J connectivity index is 2.75. The lowest BCUT2D eigenvalue weighted by molar-refractivity contribution is 0.178. The number of hydrogen-bond acceptors (Lipinski definition) is 6. The Labute approximate surface area is 108 Å². The maximum absolute atomic E-state index is 5.07. The quantitative estimate of drug-likeness (QED) is 0.702. The monoisotopic (exact) mass is 254 g/mol. The van der Waals surface area contributed by atoms with Crippen LogP contribution in [0, 0.1) is 0 Å². The van der Waals surface area contributed by atoms with Gasteiger partial charge in [0.25, 0.3) is 0 Å². The summed E-state index contributed by atoms with van der Waals surface area (Å²) in [5.41, 5.74) is 0. The summed E-state index contributed by atoms with van der Waals surface area (Å²) in [6.45, 7) is 2.05. The van der Waals surface area contributed by atoms with E-state index in [0.29, 0.717) is 12.4 Å². The van der Waals surface area contributed by atoms with E-state index in [2.05, 4.69) is 20.2 Å². The minimum Gasteiger partial charge on any atom is -0.385 e. The fraction of sp³-hybridized carbons (Fsp3) is 0.667. The molecule has 18 heavy (non-hydrogen) atoms. The molecule has 0 aromatic carbocycles. The van der Waals surface area contributed by atoms with Crippen LogP contribution in [0.5, 0.6) is 0 Å². The van der Waals surface area contributed by atoms with Crippen LogP contribution in [-0.2, 0) is 16.1 Å². The van der Waals surface area contributed by atoms with Gasteiger partial charge >= 0.3 is 0 Å². The van der Waals surface area contributed by atoms with Crippen molar-refractivity contribution in [2.75, 3.05) is 51.7 Å². The van der Waals surface area contributed by atoms with Gasteiger partial charge in [-0.05, 0) is 6.42 Å². The Morgan fingerprint density at radius 2 is 2.06 bits per heavy atom. The predicted molar refractivity (Wildman–Crippen MR) is 72.1 cm³/mol. The molecule has 0 aliphatic heterocycles. The Kier molecular flexibility index (Phi) is 6.38. The van der Waals surface area contributed by atoms with Gasteiger partial charge in [-0.15, -0.1) is 0 Å². The molecule has 1 aromatic heterocycles. The van der Waals surface area contributed by atoms with Crippen LogP contribution in [0.1, 0.15) is 12.2 Å². The van der Waals surface area contributed by atoms with E-state index in [1.807, 2.05) is 20.2 Å². The molecule has 0 fully saturated rings. The molecule has 0 radical (unpaired) electrons. The van der Waals surface area contributed by atoms with Crippen molar-refractivity contribution < 1.29 is 9.47 Å². The Morgan fingerprint density at radius 1 is 1.28 bits per heavy atom. The van der Waals surface area contributed by atoms with E-state index in [4.69, 9.17) is 9.47 Å². The molecule has 1 heterocycles. The number of ether oxygens (including phenoxy) is 2. The summed E-state index contributed by atoms with van der Waals surface area (Å²) in [5, 5.41) is 3.03. The first-order valence-corrected chi connectivity index (χ1v) is 5.96. The van der Waals surface area contributed by atoms with Gasteiger partial charge in [-0.25, -0.2) is 9.97 Å². The van der Waals surface area contributed by atoms with Crippen molar-refractivity contribution in [3.05, 3.63) is 11.9 Å². The molecule has 0 aliphatic rings. The normalized spacial score (nSPS) is 10.4. The van der Waals surface area contributed by atoms with Crippen molar-refractivity contribution in [3.8, 4) is 0 Å². The lowest BCUT2D eigenvalue weighted by Gasteiger charge is -2.19. The molecule has 1 rings (SSSR count). The van der Waals surface area contributed by atoms with Gasteiger partial charge in [0.2, 0.25) is 0 Å². The second kappa shape index (κ2) is 7.84. The Morgan fingerprint density at radius 3 is 2.67 bits per heavy atom. The van der Waals surface area contributed by atoms with Crippen molar-refractivity contribution in [2.45, 2.75) is 13.0 Å². The largest absolute Gasteiger partial charge is 0.385 e. The highest BCUT2D eigenvalue weighted by atomic mass is 16.5. The molecule has 0 saturated carbocycles.